The maximum atomic E-state index is 12.5. The lowest BCUT2D eigenvalue weighted by Crippen LogP contribution is -2.29. The van der Waals surface area contributed by atoms with Crippen LogP contribution in [-0.4, -0.2) is 63.7 Å². The van der Waals surface area contributed by atoms with Gasteiger partial charge < -0.3 is 19.5 Å². The first-order valence-electron chi connectivity index (χ1n) is 8.27. The molecule has 0 aliphatic carbocycles. The molecule has 1 aromatic carbocycles. The SMILES string of the molecule is Cc1c(C(=O)N(C)CCCC(=O)O)nnn1-c1ccc2c(c1)OCCO2. The van der Waals surface area contributed by atoms with Crippen LogP contribution in [0.1, 0.15) is 29.0 Å². The molecule has 1 aromatic heterocycles. The molecule has 0 atom stereocenters. The van der Waals surface area contributed by atoms with Gasteiger partial charge in [0.25, 0.3) is 5.91 Å². The number of carbonyl (C=O) groups is 2. The average Bonchev–Trinajstić information content (AvgIpc) is 3.01. The van der Waals surface area contributed by atoms with Crippen molar-refractivity contribution in [3.8, 4) is 17.2 Å². The molecule has 1 aliphatic rings. The fourth-order valence-electron chi connectivity index (χ4n) is 2.69. The van der Waals surface area contributed by atoms with E-state index in [-0.39, 0.29) is 18.0 Å². The summed E-state index contributed by atoms with van der Waals surface area (Å²) in [5.41, 5.74) is 1.54. The smallest absolute Gasteiger partial charge is 0.303 e. The van der Waals surface area contributed by atoms with E-state index in [0.29, 0.717) is 49.1 Å². The van der Waals surface area contributed by atoms with E-state index in [1.54, 1.807) is 30.8 Å². The van der Waals surface area contributed by atoms with Crippen molar-refractivity contribution < 1.29 is 24.2 Å². The molecule has 0 fully saturated rings. The minimum Gasteiger partial charge on any atom is -0.486 e. The van der Waals surface area contributed by atoms with Crippen LogP contribution in [0.4, 0.5) is 0 Å². The van der Waals surface area contributed by atoms with Crippen LogP contribution in [0, 0.1) is 6.92 Å². The molecule has 0 saturated heterocycles. The number of rotatable bonds is 6. The number of nitrogens with zero attached hydrogens (tertiary/aromatic N) is 4. The molecule has 0 spiro atoms. The fourth-order valence-corrected chi connectivity index (χ4v) is 2.69. The highest BCUT2D eigenvalue weighted by Gasteiger charge is 2.22. The Morgan fingerprint density at radius 1 is 1.27 bits per heavy atom. The van der Waals surface area contributed by atoms with E-state index in [4.69, 9.17) is 14.6 Å². The summed E-state index contributed by atoms with van der Waals surface area (Å²) in [5, 5.41) is 16.8. The summed E-state index contributed by atoms with van der Waals surface area (Å²) in [6, 6.07) is 5.41. The van der Waals surface area contributed by atoms with Gasteiger partial charge in [-0.15, -0.1) is 5.10 Å². The predicted octanol–water partition coefficient (Wildman–Crippen LogP) is 1.28. The zero-order valence-electron chi connectivity index (χ0n) is 14.6. The fraction of sp³-hybridized carbons (Fsp3) is 0.412. The van der Waals surface area contributed by atoms with Gasteiger partial charge in [0.15, 0.2) is 17.2 Å². The molecular weight excluding hydrogens is 340 g/mol. The molecule has 2 heterocycles. The lowest BCUT2D eigenvalue weighted by molar-refractivity contribution is -0.137. The van der Waals surface area contributed by atoms with Crippen molar-refractivity contribution in [2.24, 2.45) is 0 Å². The van der Waals surface area contributed by atoms with Gasteiger partial charge in [-0.05, 0) is 25.5 Å². The van der Waals surface area contributed by atoms with Crippen molar-refractivity contribution in [2.45, 2.75) is 19.8 Å². The summed E-state index contributed by atoms with van der Waals surface area (Å²) in [7, 11) is 1.62. The number of carboxylic acids is 1. The average molecular weight is 360 g/mol. The molecule has 0 radical (unpaired) electrons. The highest BCUT2D eigenvalue weighted by Crippen LogP contribution is 2.32. The molecule has 1 N–H and O–H groups in total. The van der Waals surface area contributed by atoms with Crippen molar-refractivity contribution in [1.82, 2.24) is 19.9 Å². The second kappa shape index (κ2) is 7.42. The van der Waals surface area contributed by atoms with Gasteiger partial charge in [-0.25, -0.2) is 4.68 Å². The summed E-state index contributed by atoms with van der Waals surface area (Å²) >= 11 is 0. The Bertz CT molecular complexity index is 833. The van der Waals surface area contributed by atoms with E-state index in [0.717, 1.165) is 0 Å². The van der Waals surface area contributed by atoms with Crippen LogP contribution >= 0.6 is 0 Å². The maximum Gasteiger partial charge on any atom is 0.303 e. The second-order valence-electron chi connectivity index (χ2n) is 5.99. The quantitative estimate of drug-likeness (QED) is 0.827. The Hall–Kier alpha value is -3.10. The predicted molar refractivity (Wildman–Crippen MR) is 90.9 cm³/mol. The number of fused-ring (bicyclic) bond motifs is 1. The number of carbonyl (C=O) groups excluding carboxylic acids is 1. The molecule has 9 heteroatoms. The van der Waals surface area contributed by atoms with Crippen molar-refractivity contribution in [2.75, 3.05) is 26.8 Å². The van der Waals surface area contributed by atoms with Gasteiger partial charge >= 0.3 is 5.97 Å². The van der Waals surface area contributed by atoms with E-state index < -0.39 is 5.97 Å². The van der Waals surface area contributed by atoms with Gasteiger partial charge in [-0.1, -0.05) is 5.21 Å². The van der Waals surface area contributed by atoms with Crippen LogP contribution in [0.5, 0.6) is 11.5 Å². The molecule has 3 rings (SSSR count). The lowest BCUT2D eigenvalue weighted by atomic mass is 10.2. The van der Waals surface area contributed by atoms with Crippen molar-refractivity contribution in [3.05, 3.63) is 29.6 Å². The molecule has 26 heavy (non-hydrogen) atoms. The van der Waals surface area contributed by atoms with Crippen LogP contribution in [0.15, 0.2) is 18.2 Å². The highest BCUT2D eigenvalue weighted by atomic mass is 16.6. The van der Waals surface area contributed by atoms with Crippen LogP contribution in [0.3, 0.4) is 0 Å². The van der Waals surface area contributed by atoms with Crippen molar-refractivity contribution >= 4 is 11.9 Å². The number of aromatic nitrogens is 3. The molecule has 1 amide bonds. The van der Waals surface area contributed by atoms with Crippen molar-refractivity contribution in [1.29, 1.82) is 0 Å². The molecule has 9 nitrogen and oxygen atoms in total. The Kier molecular flexibility index (Phi) is 5.06. The van der Waals surface area contributed by atoms with E-state index in [1.807, 2.05) is 6.07 Å². The summed E-state index contributed by atoms with van der Waals surface area (Å²) in [6.45, 7) is 3.09. The summed E-state index contributed by atoms with van der Waals surface area (Å²) < 4.78 is 12.6. The minimum absolute atomic E-state index is 0.0144. The standard InChI is InChI=1S/C17H20N4O5/c1-11-16(17(24)20(2)7-3-4-15(22)23)18-19-21(11)12-5-6-13-14(10-12)26-9-8-25-13/h5-6,10H,3-4,7-9H2,1-2H3,(H,22,23). The van der Waals surface area contributed by atoms with Crippen LogP contribution in [0.2, 0.25) is 0 Å². The first-order chi connectivity index (χ1) is 12.5. The van der Waals surface area contributed by atoms with Crippen LogP contribution in [0.25, 0.3) is 5.69 Å². The number of amides is 1. The molecule has 138 valence electrons. The van der Waals surface area contributed by atoms with E-state index in [1.165, 1.54) is 4.90 Å². The van der Waals surface area contributed by atoms with Gasteiger partial charge in [0.2, 0.25) is 0 Å². The molecule has 2 aromatic rings. The first kappa shape index (κ1) is 17.7. The molecule has 0 bridgehead atoms. The number of hydrogen-bond acceptors (Lipinski definition) is 6. The first-order valence-corrected chi connectivity index (χ1v) is 8.27. The van der Waals surface area contributed by atoms with E-state index in [2.05, 4.69) is 10.3 Å². The number of carboxylic acid groups (broad SMARTS) is 1. The lowest BCUT2D eigenvalue weighted by Gasteiger charge is -2.19. The minimum atomic E-state index is -0.883. The van der Waals surface area contributed by atoms with Crippen LogP contribution < -0.4 is 9.47 Å². The third kappa shape index (κ3) is 3.61. The Morgan fingerprint density at radius 3 is 2.73 bits per heavy atom. The zero-order chi connectivity index (χ0) is 18.7. The van der Waals surface area contributed by atoms with Gasteiger partial charge in [-0.2, -0.15) is 0 Å². The number of hydrogen-bond donors (Lipinski definition) is 1. The Morgan fingerprint density at radius 2 is 2.00 bits per heavy atom. The summed E-state index contributed by atoms with van der Waals surface area (Å²) in [4.78, 5) is 24.6. The van der Waals surface area contributed by atoms with Gasteiger partial charge in [0.1, 0.15) is 13.2 Å². The highest BCUT2D eigenvalue weighted by molar-refractivity contribution is 5.93. The van der Waals surface area contributed by atoms with E-state index >= 15 is 0 Å². The number of ether oxygens (including phenoxy) is 2. The number of benzene rings is 1. The van der Waals surface area contributed by atoms with Gasteiger partial charge in [-0.3, -0.25) is 9.59 Å². The third-order valence-electron chi connectivity index (χ3n) is 4.10. The second-order valence-corrected chi connectivity index (χ2v) is 5.99. The van der Waals surface area contributed by atoms with E-state index in [9.17, 15) is 9.59 Å². The normalized spacial score (nSPS) is 12.7. The van der Waals surface area contributed by atoms with Crippen LogP contribution in [-0.2, 0) is 4.79 Å². The monoisotopic (exact) mass is 360 g/mol. The van der Waals surface area contributed by atoms with Gasteiger partial charge in [0.05, 0.1) is 11.4 Å². The third-order valence-corrected chi connectivity index (χ3v) is 4.10. The molecule has 0 unspecified atom stereocenters. The molecular formula is C17H20N4O5. The van der Waals surface area contributed by atoms with Crippen molar-refractivity contribution in [3.63, 3.8) is 0 Å². The van der Waals surface area contributed by atoms with Gasteiger partial charge in [0, 0.05) is 26.1 Å². The summed E-state index contributed by atoms with van der Waals surface area (Å²) in [6.07, 6.45) is 0.396. The Labute approximate surface area is 150 Å². The maximum absolute atomic E-state index is 12.5. The Balaban J connectivity index is 1.77. The largest absolute Gasteiger partial charge is 0.486 e. The number of aliphatic carboxylic acids is 1. The topological polar surface area (TPSA) is 107 Å². The molecule has 1 aliphatic heterocycles. The summed E-state index contributed by atoms with van der Waals surface area (Å²) in [5.74, 6) is 0.123. The zero-order valence-corrected chi connectivity index (χ0v) is 14.6. The molecule has 0 saturated carbocycles.